The Morgan fingerprint density at radius 1 is 1.26 bits per heavy atom. The van der Waals surface area contributed by atoms with Crippen LogP contribution < -0.4 is 4.90 Å². The van der Waals surface area contributed by atoms with Gasteiger partial charge in [0.2, 0.25) is 0 Å². The zero-order valence-corrected chi connectivity index (χ0v) is 14.6. The summed E-state index contributed by atoms with van der Waals surface area (Å²) in [5.41, 5.74) is 1.42. The van der Waals surface area contributed by atoms with E-state index in [0.717, 1.165) is 68.2 Å². The van der Waals surface area contributed by atoms with E-state index < -0.39 is 0 Å². The molecule has 0 spiro atoms. The maximum absolute atomic E-state index is 5.41. The van der Waals surface area contributed by atoms with E-state index in [-0.39, 0.29) is 0 Å². The maximum Gasteiger partial charge on any atom is 0.185 e. The summed E-state index contributed by atoms with van der Waals surface area (Å²) in [5.74, 6) is 2.18. The van der Waals surface area contributed by atoms with Crippen LogP contribution in [0.15, 0.2) is 5.38 Å². The molecule has 4 heterocycles. The highest BCUT2D eigenvalue weighted by atomic mass is 32.1. The molecule has 2 aliphatic heterocycles. The van der Waals surface area contributed by atoms with Gasteiger partial charge in [0.1, 0.15) is 11.6 Å². The number of anilines is 1. The van der Waals surface area contributed by atoms with Gasteiger partial charge >= 0.3 is 0 Å². The molecule has 23 heavy (non-hydrogen) atoms. The molecule has 6 nitrogen and oxygen atoms in total. The van der Waals surface area contributed by atoms with Crippen LogP contribution in [-0.2, 0) is 24.1 Å². The number of aromatic nitrogens is 4. The minimum absolute atomic E-state index is 0.325. The standard InChI is InChI=1S/C16H23N5OS/c1-16(2)4-3-13-18-19-14(21(13)11-16)9-12-10-23-15(17-12)20-5-7-22-8-6-20/h10H,3-9,11H2,1-2H3. The summed E-state index contributed by atoms with van der Waals surface area (Å²) >= 11 is 1.72. The van der Waals surface area contributed by atoms with E-state index in [1.807, 2.05) is 0 Å². The second-order valence-corrected chi connectivity index (χ2v) is 8.02. The third-order valence-corrected chi connectivity index (χ3v) is 5.63. The van der Waals surface area contributed by atoms with E-state index >= 15 is 0 Å². The Morgan fingerprint density at radius 3 is 2.91 bits per heavy atom. The van der Waals surface area contributed by atoms with Crippen LogP contribution in [0.2, 0.25) is 0 Å². The Kier molecular flexibility index (Phi) is 3.85. The highest BCUT2D eigenvalue weighted by molar-refractivity contribution is 7.13. The van der Waals surface area contributed by atoms with Crippen LogP contribution in [0.25, 0.3) is 0 Å². The van der Waals surface area contributed by atoms with Crippen LogP contribution in [0, 0.1) is 5.41 Å². The fourth-order valence-electron chi connectivity index (χ4n) is 3.27. The number of hydrogen-bond donors (Lipinski definition) is 0. The second kappa shape index (κ2) is 5.87. The van der Waals surface area contributed by atoms with Crippen molar-refractivity contribution in [1.82, 2.24) is 19.7 Å². The molecule has 0 atom stereocenters. The van der Waals surface area contributed by atoms with Crippen molar-refractivity contribution in [2.45, 2.75) is 39.7 Å². The van der Waals surface area contributed by atoms with Gasteiger partial charge < -0.3 is 14.2 Å². The number of thiazole rings is 1. The van der Waals surface area contributed by atoms with Crippen LogP contribution >= 0.6 is 11.3 Å². The number of rotatable bonds is 3. The van der Waals surface area contributed by atoms with Crippen molar-refractivity contribution in [3.05, 3.63) is 22.7 Å². The normalized spacial score (nSPS) is 20.5. The average Bonchev–Trinajstić information content (AvgIpc) is 3.15. The first-order chi connectivity index (χ1) is 11.1. The molecule has 7 heteroatoms. The van der Waals surface area contributed by atoms with Crippen molar-refractivity contribution >= 4 is 16.5 Å². The summed E-state index contributed by atoms with van der Waals surface area (Å²) in [4.78, 5) is 7.11. The van der Waals surface area contributed by atoms with E-state index in [0.29, 0.717) is 5.41 Å². The van der Waals surface area contributed by atoms with E-state index in [4.69, 9.17) is 9.72 Å². The summed E-state index contributed by atoms with van der Waals surface area (Å²) < 4.78 is 7.71. The van der Waals surface area contributed by atoms with Gasteiger partial charge in [-0.3, -0.25) is 0 Å². The third-order valence-electron chi connectivity index (χ3n) is 4.68. The molecule has 124 valence electrons. The summed E-state index contributed by atoms with van der Waals surface area (Å²) in [6.07, 6.45) is 2.98. The largest absolute Gasteiger partial charge is 0.378 e. The molecule has 0 amide bonds. The van der Waals surface area contributed by atoms with Crippen LogP contribution in [-0.4, -0.2) is 46.1 Å². The molecule has 0 N–H and O–H groups in total. The van der Waals surface area contributed by atoms with E-state index in [1.165, 1.54) is 6.42 Å². The molecule has 1 fully saturated rings. The molecule has 0 bridgehead atoms. The third kappa shape index (κ3) is 3.12. The molecule has 0 aromatic carbocycles. The Morgan fingerprint density at radius 2 is 2.09 bits per heavy atom. The molecule has 0 saturated carbocycles. The number of ether oxygens (including phenoxy) is 1. The van der Waals surface area contributed by atoms with Gasteiger partial charge in [-0.25, -0.2) is 4.98 Å². The van der Waals surface area contributed by atoms with Crippen molar-refractivity contribution in [1.29, 1.82) is 0 Å². The number of nitrogens with zero attached hydrogens (tertiary/aromatic N) is 5. The molecule has 0 unspecified atom stereocenters. The van der Waals surface area contributed by atoms with Gasteiger partial charge in [-0.05, 0) is 11.8 Å². The molecule has 2 aromatic rings. The number of aryl methyl sites for hydroxylation is 1. The summed E-state index contributed by atoms with van der Waals surface area (Å²) in [7, 11) is 0. The van der Waals surface area contributed by atoms with Crippen LogP contribution in [0.3, 0.4) is 0 Å². The predicted molar refractivity (Wildman–Crippen MR) is 90.1 cm³/mol. The first kappa shape index (κ1) is 15.1. The first-order valence-electron chi connectivity index (χ1n) is 8.29. The molecule has 0 aliphatic carbocycles. The highest BCUT2D eigenvalue weighted by Gasteiger charge is 2.28. The Hall–Kier alpha value is -1.47. The molecule has 1 saturated heterocycles. The molecule has 4 rings (SSSR count). The van der Waals surface area contributed by atoms with Gasteiger partial charge in [0.05, 0.1) is 25.3 Å². The molecule has 2 aliphatic rings. The molecular weight excluding hydrogens is 310 g/mol. The monoisotopic (exact) mass is 333 g/mol. The Balaban J connectivity index is 1.51. The summed E-state index contributed by atoms with van der Waals surface area (Å²) in [5, 5.41) is 12.1. The number of fused-ring (bicyclic) bond motifs is 1. The van der Waals surface area contributed by atoms with Crippen LogP contribution in [0.4, 0.5) is 5.13 Å². The molecular formula is C16H23N5OS. The fraction of sp³-hybridized carbons (Fsp3) is 0.688. The zero-order chi connectivity index (χ0) is 15.9. The quantitative estimate of drug-likeness (QED) is 0.861. The second-order valence-electron chi connectivity index (χ2n) is 7.18. The molecule has 0 radical (unpaired) electrons. The van der Waals surface area contributed by atoms with Gasteiger partial charge in [-0.15, -0.1) is 21.5 Å². The fourth-order valence-corrected chi connectivity index (χ4v) is 4.15. The lowest BCUT2D eigenvalue weighted by Gasteiger charge is -2.30. The van der Waals surface area contributed by atoms with Gasteiger partial charge in [-0.1, -0.05) is 13.8 Å². The van der Waals surface area contributed by atoms with Crippen molar-refractivity contribution in [3.8, 4) is 0 Å². The minimum Gasteiger partial charge on any atom is -0.378 e. The van der Waals surface area contributed by atoms with Crippen molar-refractivity contribution in [3.63, 3.8) is 0 Å². The van der Waals surface area contributed by atoms with Crippen LogP contribution in [0.5, 0.6) is 0 Å². The van der Waals surface area contributed by atoms with Gasteiger partial charge in [-0.2, -0.15) is 0 Å². The van der Waals surface area contributed by atoms with Crippen molar-refractivity contribution < 1.29 is 4.74 Å². The SMILES string of the molecule is CC1(C)CCc2nnc(Cc3csc(N4CCOCC4)n3)n2C1. The smallest absolute Gasteiger partial charge is 0.185 e. The Labute approximate surface area is 140 Å². The first-order valence-corrected chi connectivity index (χ1v) is 9.17. The van der Waals surface area contributed by atoms with Crippen LogP contribution in [0.1, 0.15) is 37.6 Å². The topological polar surface area (TPSA) is 56.1 Å². The lowest BCUT2D eigenvalue weighted by atomic mass is 9.85. The zero-order valence-electron chi connectivity index (χ0n) is 13.8. The van der Waals surface area contributed by atoms with Crippen molar-refractivity contribution in [2.75, 3.05) is 31.2 Å². The maximum atomic E-state index is 5.41. The minimum atomic E-state index is 0.325. The van der Waals surface area contributed by atoms with E-state index in [1.54, 1.807) is 11.3 Å². The van der Waals surface area contributed by atoms with E-state index in [9.17, 15) is 0 Å². The lowest BCUT2D eigenvalue weighted by Crippen LogP contribution is -2.36. The highest BCUT2D eigenvalue weighted by Crippen LogP contribution is 2.31. The number of hydrogen-bond acceptors (Lipinski definition) is 6. The van der Waals surface area contributed by atoms with Crippen molar-refractivity contribution in [2.24, 2.45) is 5.41 Å². The lowest BCUT2D eigenvalue weighted by molar-refractivity contribution is 0.122. The summed E-state index contributed by atoms with van der Waals surface area (Å²) in [6, 6.07) is 0. The summed E-state index contributed by atoms with van der Waals surface area (Å²) in [6.45, 7) is 9.09. The average molecular weight is 333 g/mol. The number of morpholine rings is 1. The van der Waals surface area contributed by atoms with Gasteiger partial charge in [0.15, 0.2) is 5.13 Å². The predicted octanol–water partition coefficient (Wildman–Crippen LogP) is 2.13. The van der Waals surface area contributed by atoms with Gasteiger partial charge in [0, 0.05) is 31.4 Å². The van der Waals surface area contributed by atoms with Gasteiger partial charge in [0.25, 0.3) is 0 Å². The van der Waals surface area contributed by atoms with E-state index in [2.05, 4.69) is 38.9 Å². The Bertz CT molecular complexity index is 686. The molecule has 2 aromatic heterocycles.